The Labute approximate surface area is 136 Å². The molecule has 2 heterocycles. The first-order valence-electron chi connectivity index (χ1n) is 7.05. The molecule has 3 aromatic rings. The summed E-state index contributed by atoms with van der Waals surface area (Å²) in [5.74, 6) is 0.212. The summed E-state index contributed by atoms with van der Waals surface area (Å²) in [7, 11) is 0. The molecule has 23 heavy (non-hydrogen) atoms. The van der Waals surface area contributed by atoms with Crippen molar-refractivity contribution in [3.63, 3.8) is 0 Å². The SMILES string of the molecule is O=C1NC(Nc2ccccc2)=N/C1=C\c1ccc2scnc2c1. The number of rotatable bonds is 2. The molecule has 0 spiro atoms. The molecule has 1 aliphatic heterocycles. The zero-order valence-corrected chi connectivity index (χ0v) is 12.8. The van der Waals surface area contributed by atoms with Crippen LogP contribution in [0.1, 0.15) is 5.56 Å². The number of aromatic nitrogens is 1. The molecule has 2 aromatic carbocycles. The smallest absolute Gasteiger partial charge is 0.276 e. The third-order valence-corrected chi connectivity index (χ3v) is 4.20. The molecular weight excluding hydrogens is 308 g/mol. The van der Waals surface area contributed by atoms with Gasteiger partial charge in [-0.25, -0.2) is 9.98 Å². The first-order chi connectivity index (χ1) is 11.3. The van der Waals surface area contributed by atoms with Gasteiger partial charge in [-0.05, 0) is 35.9 Å². The van der Waals surface area contributed by atoms with E-state index in [0.717, 1.165) is 21.5 Å². The molecule has 5 nitrogen and oxygen atoms in total. The highest BCUT2D eigenvalue weighted by atomic mass is 32.1. The maximum absolute atomic E-state index is 12.0. The van der Waals surface area contributed by atoms with Gasteiger partial charge in [-0.2, -0.15) is 0 Å². The average molecular weight is 320 g/mol. The highest BCUT2D eigenvalue weighted by Gasteiger charge is 2.20. The predicted molar refractivity (Wildman–Crippen MR) is 93.2 cm³/mol. The number of anilines is 1. The van der Waals surface area contributed by atoms with Crippen LogP contribution in [0.25, 0.3) is 16.3 Å². The van der Waals surface area contributed by atoms with Crippen molar-refractivity contribution < 1.29 is 4.79 Å². The minimum absolute atomic E-state index is 0.221. The summed E-state index contributed by atoms with van der Waals surface area (Å²) in [5, 5.41) is 5.80. The number of thiazole rings is 1. The molecule has 2 N–H and O–H groups in total. The first kappa shape index (κ1) is 13.7. The topological polar surface area (TPSA) is 66.4 Å². The zero-order chi connectivity index (χ0) is 15.6. The van der Waals surface area contributed by atoms with Gasteiger partial charge >= 0.3 is 0 Å². The summed E-state index contributed by atoms with van der Waals surface area (Å²) in [4.78, 5) is 20.6. The Morgan fingerprint density at radius 2 is 2.00 bits per heavy atom. The summed E-state index contributed by atoms with van der Waals surface area (Å²) in [6.45, 7) is 0. The third-order valence-electron chi connectivity index (χ3n) is 3.39. The Hall–Kier alpha value is -2.99. The van der Waals surface area contributed by atoms with Gasteiger partial charge in [0, 0.05) is 5.69 Å². The van der Waals surface area contributed by atoms with Crippen molar-refractivity contribution in [3.05, 3.63) is 65.3 Å². The van der Waals surface area contributed by atoms with E-state index in [4.69, 9.17) is 0 Å². The number of carbonyl (C=O) groups excluding carboxylic acids is 1. The molecule has 0 radical (unpaired) electrons. The van der Waals surface area contributed by atoms with Gasteiger partial charge in [0.25, 0.3) is 5.91 Å². The van der Waals surface area contributed by atoms with E-state index in [9.17, 15) is 4.79 Å². The molecule has 4 rings (SSSR count). The average Bonchev–Trinajstić information content (AvgIpc) is 3.15. The number of carbonyl (C=O) groups is 1. The normalized spacial score (nSPS) is 15.7. The van der Waals surface area contributed by atoms with E-state index in [2.05, 4.69) is 20.6 Å². The van der Waals surface area contributed by atoms with Gasteiger partial charge in [-0.3, -0.25) is 10.1 Å². The van der Waals surface area contributed by atoms with Crippen molar-refractivity contribution in [2.45, 2.75) is 0 Å². The van der Waals surface area contributed by atoms with Crippen LogP contribution in [-0.4, -0.2) is 16.9 Å². The predicted octanol–water partition coefficient (Wildman–Crippen LogP) is 3.24. The second-order valence-electron chi connectivity index (χ2n) is 5.01. The van der Waals surface area contributed by atoms with Crippen LogP contribution in [0.2, 0.25) is 0 Å². The lowest BCUT2D eigenvalue weighted by atomic mass is 10.2. The highest BCUT2D eigenvalue weighted by Crippen LogP contribution is 2.21. The molecule has 0 fully saturated rings. The standard InChI is InChI=1S/C17H12N4OS/c22-16-14(9-11-6-7-15-13(8-11)18-10-23-15)20-17(21-16)19-12-4-2-1-3-5-12/h1-10H,(H2,19,20,21,22)/b14-9-. The van der Waals surface area contributed by atoms with Crippen LogP contribution >= 0.6 is 11.3 Å². The Bertz CT molecular complexity index is 943. The van der Waals surface area contributed by atoms with E-state index < -0.39 is 0 Å². The van der Waals surface area contributed by atoms with Crippen molar-refractivity contribution in [3.8, 4) is 0 Å². The molecule has 0 saturated carbocycles. The Balaban J connectivity index is 1.61. The lowest BCUT2D eigenvalue weighted by Gasteiger charge is -2.03. The van der Waals surface area contributed by atoms with Crippen molar-refractivity contribution in [1.29, 1.82) is 0 Å². The third kappa shape index (κ3) is 2.84. The Morgan fingerprint density at radius 3 is 2.87 bits per heavy atom. The molecule has 6 heteroatoms. The summed E-state index contributed by atoms with van der Waals surface area (Å²) < 4.78 is 1.12. The summed E-state index contributed by atoms with van der Waals surface area (Å²) >= 11 is 1.59. The second kappa shape index (κ2) is 5.66. The highest BCUT2D eigenvalue weighted by molar-refractivity contribution is 7.16. The van der Waals surface area contributed by atoms with Crippen LogP contribution in [0.15, 0.2) is 64.7 Å². The number of amides is 1. The molecule has 112 valence electrons. The molecular formula is C17H12N4OS. The molecule has 1 amide bonds. The van der Waals surface area contributed by atoms with Crippen LogP contribution in [-0.2, 0) is 4.79 Å². The van der Waals surface area contributed by atoms with E-state index in [1.807, 2.05) is 54.0 Å². The van der Waals surface area contributed by atoms with E-state index in [-0.39, 0.29) is 5.91 Å². The molecule has 1 aliphatic rings. The number of aliphatic imine (C=N–C) groups is 1. The van der Waals surface area contributed by atoms with Gasteiger partial charge in [0.15, 0.2) is 0 Å². The van der Waals surface area contributed by atoms with E-state index in [1.165, 1.54) is 0 Å². The number of benzene rings is 2. The van der Waals surface area contributed by atoms with Crippen molar-refractivity contribution >= 4 is 45.2 Å². The number of fused-ring (bicyclic) bond motifs is 1. The van der Waals surface area contributed by atoms with Crippen molar-refractivity contribution in [1.82, 2.24) is 10.3 Å². The lowest BCUT2D eigenvalue weighted by molar-refractivity contribution is -0.115. The Morgan fingerprint density at radius 1 is 1.13 bits per heavy atom. The zero-order valence-electron chi connectivity index (χ0n) is 12.0. The van der Waals surface area contributed by atoms with Crippen LogP contribution in [0.5, 0.6) is 0 Å². The number of hydrogen-bond acceptors (Lipinski definition) is 5. The minimum atomic E-state index is -0.221. The molecule has 0 saturated heterocycles. The van der Waals surface area contributed by atoms with Crippen LogP contribution < -0.4 is 10.6 Å². The van der Waals surface area contributed by atoms with Crippen molar-refractivity contribution in [2.75, 3.05) is 5.32 Å². The van der Waals surface area contributed by atoms with E-state index >= 15 is 0 Å². The molecule has 0 bridgehead atoms. The largest absolute Gasteiger partial charge is 0.326 e. The van der Waals surface area contributed by atoms with Gasteiger partial charge in [0.05, 0.1) is 15.7 Å². The fourth-order valence-corrected chi connectivity index (χ4v) is 2.97. The summed E-state index contributed by atoms with van der Waals surface area (Å²) in [5.41, 5.74) is 4.88. The quantitative estimate of drug-likeness (QED) is 0.712. The van der Waals surface area contributed by atoms with Gasteiger partial charge in [-0.15, -0.1) is 11.3 Å². The van der Waals surface area contributed by atoms with Gasteiger partial charge in [0.1, 0.15) is 5.70 Å². The maximum atomic E-state index is 12.0. The van der Waals surface area contributed by atoms with Gasteiger partial charge < -0.3 is 5.32 Å². The number of nitrogens with zero attached hydrogens (tertiary/aromatic N) is 2. The lowest BCUT2D eigenvalue weighted by Crippen LogP contribution is -2.29. The minimum Gasteiger partial charge on any atom is -0.326 e. The summed E-state index contributed by atoms with van der Waals surface area (Å²) in [6.07, 6.45) is 1.76. The monoisotopic (exact) mass is 320 g/mol. The molecule has 1 aromatic heterocycles. The second-order valence-corrected chi connectivity index (χ2v) is 5.90. The van der Waals surface area contributed by atoms with E-state index in [1.54, 1.807) is 17.4 Å². The van der Waals surface area contributed by atoms with Crippen LogP contribution in [0, 0.1) is 0 Å². The number of para-hydroxylation sites is 1. The molecule has 0 unspecified atom stereocenters. The number of hydrogen-bond donors (Lipinski definition) is 2. The van der Waals surface area contributed by atoms with E-state index in [0.29, 0.717) is 11.7 Å². The summed E-state index contributed by atoms with van der Waals surface area (Å²) in [6, 6.07) is 15.5. The van der Waals surface area contributed by atoms with Gasteiger partial charge in [-0.1, -0.05) is 24.3 Å². The first-order valence-corrected chi connectivity index (χ1v) is 7.93. The van der Waals surface area contributed by atoms with Gasteiger partial charge in [0.2, 0.25) is 5.96 Å². The fraction of sp³-hybridized carbons (Fsp3) is 0. The number of guanidine groups is 1. The molecule has 0 aliphatic carbocycles. The Kier molecular flexibility index (Phi) is 3.36. The maximum Gasteiger partial charge on any atom is 0.276 e. The van der Waals surface area contributed by atoms with Crippen LogP contribution in [0.3, 0.4) is 0 Å². The molecule has 0 atom stereocenters. The van der Waals surface area contributed by atoms with Crippen LogP contribution in [0.4, 0.5) is 5.69 Å². The fourth-order valence-electron chi connectivity index (χ4n) is 2.31. The van der Waals surface area contributed by atoms with Crippen molar-refractivity contribution in [2.24, 2.45) is 4.99 Å². The number of nitrogens with one attached hydrogen (secondary N) is 2.